The highest BCUT2D eigenvalue weighted by molar-refractivity contribution is 7.09. The second-order valence-electron chi connectivity index (χ2n) is 3.86. The van der Waals surface area contributed by atoms with Gasteiger partial charge >= 0.3 is 0 Å². The van der Waals surface area contributed by atoms with Crippen LogP contribution in [-0.2, 0) is 6.54 Å². The number of hydrogen-bond donors (Lipinski definition) is 1. The summed E-state index contributed by atoms with van der Waals surface area (Å²) in [5.74, 6) is -0.0437. The van der Waals surface area contributed by atoms with Crippen LogP contribution in [0, 0.1) is 0 Å². The van der Waals surface area contributed by atoms with Crippen molar-refractivity contribution in [3.63, 3.8) is 0 Å². The average molecular weight is 242 g/mol. The molecule has 0 unspecified atom stereocenters. The average Bonchev–Trinajstić information content (AvgIpc) is 2.73. The van der Waals surface area contributed by atoms with Crippen LogP contribution in [0.1, 0.15) is 15.5 Å². The van der Waals surface area contributed by atoms with Crippen molar-refractivity contribution in [2.45, 2.75) is 6.54 Å². The molecule has 0 aliphatic heterocycles. The van der Waals surface area contributed by atoms with Gasteiger partial charge in [-0.25, -0.2) is 4.98 Å². The van der Waals surface area contributed by atoms with Gasteiger partial charge in [0.2, 0.25) is 0 Å². The minimum absolute atomic E-state index is 0.0437. The molecule has 1 heterocycles. The van der Waals surface area contributed by atoms with E-state index in [1.165, 1.54) is 11.3 Å². The zero-order valence-electron chi connectivity index (χ0n) is 9.93. The van der Waals surface area contributed by atoms with Gasteiger partial charge < -0.3 is 15.5 Å². The molecule has 16 heavy (non-hydrogen) atoms. The largest absolute Gasteiger partial charge is 0.339 e. The summed E-state index contributed by atoms with van der Waals surface area (Å²) in [5, 5.41) is 2.56. The van der Waals surface area contributed by atoms with Crippen LogP contribution in [0.4, 0.5) is 0 Å². The summed E-state index contributed by atoms with van der Waals surface area (Å²) in [4.78, 5) is 19.8. The van der Waals surface area contributed by atoms with Gasteiger partial charge in [-0.05, 0) is 14.1 Å². The monoisotopic (exact) mass is 242 g/mol. The molecular weight excluding hydrogens is 224 g/mol. The summed E-state index contributed by atoms with van der Waals surface area (Å²) in [6, 6.07) is 0. The van der Waals surface area contributed by atoms with Crippen molar-refractivity contribution in [3.05, 3.63) is 16.1 Å². The maximum Gasteiger partial charge on any atom is 0.273 e. The summed E-state index contributed by atoms with van der Waals surface area (Å²) in [6.45, 7) is 1.93. The second kappa shape index (κ2) is 5.93. The van der Waals surface area contributed by atoms with Crippen molar-refractivity contribution in [3.8, 4) is 0 Å². The van der Waals surface area contributed by atoms with Crippen LogP contribution < -0.4 is 5.73 Å². The van der Waals surface area contributed by atoms with E-state index in [9.17, 15) is 4.79 Å². The number of aromatic nitrogens is 1. The third-order valence-corrected chi connectivity index (χ3v) is 3.05. The first kappa shape index (κ1) is 13.1. The Kier molecular flexibility index (Phi) is 4.85. The van der Waals surface area contributed by atoms with Crippen LogP contribution in [0.2, 0.25) is 0 Å². The molecule has 0 aliphatic carbocycles. The molecule has 0 fully saturated rings. The molecule has 90 valence electrons. The molecule has 0 aliphatic rings. The Labute approximate surface area is 99.9 Å². The van der Waals surface area contributed by atoms with Gasteiger partial charge in [-0.2, -0.15) is 0 Å². The molecule has 0 bridgehead atoms. The predicted molar refractivity (Wildman–Crippen MR) is 65.5 cm³/mol. The lowest BCUT2D eigenvalue weighted by atomic mass is 10.4. The third kappa shape index (κ3) is 3.55. The quantitative estimate of drug-likeness (QED) is 0.803. The number of likely N-dealkylation sites (N-methyl/N-ethyl adjacent to an activating group) is 2. The van der Waals surface area contributed by atoms with Gasteiger partial charge in [0, 0.05) is 32.1 Å². The van der Waals surface area contributed by atoms with Crippen molar-refractivity contribution >= 4 is 17.2 Å². The fraction of sp³-hybridized carbons (Fsp3) is 0.600. The molecule has 2 N–H and O–H groups in total. The zero-order chi connectivity index (χ0) is 12.1. The highest BCUT2D eigenvalue weighted by atomic mass is 32.1. The molecule has 1 aromatic rings. The Bertz CT molecular complexity index is 350. The van der Waals surface area contributed by atoms with Gasteiger partial charge in [0.25, 0.3) is 5.91 Å². The first-order valence-electron chi connectivity index (χ1n) is 5.09. The zero-order valence-corrected chi connectivity index (χ0v) is 10.8. The lowest BCUT2D eigenvalue weighted by Gasteiger charge is -2.18. The Morgan fingerprint density at radius 3 is 2.62 bits per heavy atom. The molecule has 5 nitrogen and oxygen atoms in total. The number of nitrogens with zero attached hydrogens (tertiary/aromatic N) is 3. The third-order valence-electron chi connectivity index (χ3n) is 2.17. The van der Waals surface area contributed by atoms with Crippen LogP contribution in [0.3, 0.4) is 0 Å². The van der Waals surface area contributed by atoms with E-state index >= 15 is 0 Å². The lowest BCUT2D eigenvalue weighted by Crippen LogP contribution is -2.33. The Hall–Kier alpha value is -0.980. The second-order valence-corrected chi connectivity index (χ2v) is 4.80. The minimum Gasteiger partial charge on any atom is -0.339 e. The van der Waals surface area contributed by atoms with Crippen molar-refractivity contribution in [1.82, 2.24) is 14.8 Å². The van der Waals surface area contributed by atoms with E-state index in [2.05, 4.69) is 4.98 Å². The smallest absolute Gasteiger partial charge is 0.273 e. The van der Waals surface area contributed by atoms with Crippen LogP contribution in [0.15, 0.2) is 5.38 Å². The van der Waals surface area contributed by atoms with Crippen LogP contribution in [0.5, 0.6) is 0 Å². The molecule has 0 saturated heterocycles. The van der Waals surface area contributed by atoms with E-state index in [-0.39, 0.29) is 5.91 Å². The van der Waals surface area contributed by atoms with Crippen molar-refractivity contribution < 1.29 is 4.79 Å². The molecular formula is C10H18N4OS. The molecule has 6 heteroatoms. The highest BCUT2D eigenvalue weighted by Gasteiger charge is 2.14. The fourth-order valence-electron chi connectivity index (χ4n) is 1.15. The molecule has 0 aromatic carbocycles. The number of hydrogen-bond acceptors (Lipinski definition) is 5. The number of carbonyl (C=O) groups excluding carboxylic acids is 1. The summed E-state index contributed by atoms with van der Waals surface area (Å²) in [5.41, 5.74) is 5.95. The highest BCUT2D eigenvalue weighted by Crippen LogP contribution is 2.10. The van der Waals surface area contributed by atoms with E-state index in [1.54, 1.807) is 17.3 Å². The molecule has 1 rings (SSSR count). The van der Waals surface area contributed by atoms with Crippen molar-refractivity contribution in [2.24, 2.45) is 5.73 Å². The Morgan fingerprint density at radius 1 is 1.44 bits per heavy atom. The van der Waals surface area contributed by atoms with Gasteiger partial charge in [0.1, 0.15) is 10.7 Å². The van der Waals surface area contributed by atoms with Gasteiger partial charge in [0.15, 0.2) is 0 Å². The molecule has 0 spiro atoms. The Morgan fingerprint density at radius 2 is 2.12 bits per heavy atom. The molecule has 0 saturated carbocycles. The van der Waals surface area contributed by atoms with E-state index in [0.29, 0.717) is 18.8 Å². The molecule has 1 amide bonds. The standard InChI is InChI=1S/C10H18N4OS/c1-13(2)4-5-14(3)10(15)8-7-16-9(6-11)12-8/h7H,4-6,11H2,1-3H3. The number of amides is 1. The van der Waals surface area contributed by atoms with Crippen LogP contribution in [0.25, 0.3) is 0 Å². The summed E-state index contributed by atoms with van der Waals surface area (Å²) in [7, 11) is 5.74. The maximum atomic E-state index is 11.9. The number of rotatable bonds is 5. The van der Waals surface area contributed by atoms with E-state index in [0.717, 1.165) is 11.6 Å². The predicted octanol–water partition coefficient (Wildman–Crippen LogP) is 0.235. The van der Waals surface area contributed by atoms with Crippen molar-refractivity contribution in [2.75, 3.05) is 34.2 Å². The minimum atomic E-state index is -0.0437. The SMILES string of the molecule is CN(C)CCN(C)C(=O)c1csc(CN)n1. The molecule has 0 atom stereocenters. The first-order chi connectivity index (χ1) is 7.54. The number of nitrogens with two attached hydrogens (primary N) is 1. The maximum absolute atomic E-state index is 11.9. The number of carbonyl (C=O) groups is 1. The number of thiazole rings is 1. The van der Waals surface area contributed by atoms with Crippen molar-refractivity contribution in [1.29, 1.82) is 0 Å². The molecule has 1 aromatic heterocycles. The van der Waals surface area contributed by atoms with Gasteiger partial charge in [0.05, 0.1) is 0 Å². The van der Waals surface area contributed by atoms with E-state index < -0.39 is 0 Å². The van der Waals surface area contributed by atoms with E-state index in [4.69, 9.17) is 5.73 Å². The summed E-state index contributed by atoms with van der Waals surface area (Å²) in [6.07, 6.45) is 0. The van der Waals surface area contributed by atoms with Gasteiger partial charge in [-0.1, -0.05) is 0 Å². The molecule has 0 radical (unpaired) electrons. The normalized spacial score (nSPS) is 10.8. The summed E-state index contributed by atoms with van der Waals surface area (Å²) < 4.78 is 0. The first-order valence-corrected chi connectivity index (χ1v) is 5.97. The Balaban J connectivity index is 2.56. The lowest BCUT2D eigenvalue weighted by molar-refractivity contribution is 0.0781. The topological polar surface area (TPSA) is 62.5 Å². The fourth-order valence-corrected chi connectivity index (χ4v) is 1.80. The van der Waals surface area contributed by atoms with Crippen LogP contribution >= 0.6 is 11.3 Å². The van der Waals surface area contributed by atoms with Crippen LogP contribution in [-0.4, -0.2) is 54.9 Å². The summed E-state index contributed by atoms with van der Waals surface area (Å²) >= 11 is 1.43. The van der Waals surface area contributed by atoms with E-state index in [1.807, 2.05) is 19.0 Å². The van der Waals surface area contributed by atoms with Gasteiger partial charge in [-0.15, -0.1) is 11.3 Å². The van der Waals surface area contributed by atoms with Gasteiger partial charge in [-0.3, -0.25) is 4.79 Å².